The molecule has 0 aromatic heterocycles. The molecule has 0 fully saturated rings. The first kappa shape index (κ1) is 27.1. The monoisotopic (exact) mass is 434 g/mol. The van der Waals surface area contributed by atoms with Gasteiger partial charge >= 0.3 is 0 Å². The second-order valence-electron chi connectivity index (χ2n) is 6.79. The van der Waals surface area contributed by atoms with Gasteiger partial charge in [0.15, 0.2) is 15.3 Å². The molecule has 0 amide bonds. The minimum Gasteiger partial charge on any atom is -0.287 e. The van der Waals surface area contributed by atoms with Crippen LogP contribution in [0.2, 0.25) is 0 Å². The van der Waals surface area contributed by atoms with Crippen molar-refractivity contribution in [3.63, 3.8) is 0 Å². The molecule has 27 heavy (non-hydrogen) atoms. The summed E-state index contributed by atoms with van der Waals surface area (Å²) in [5, 5.41) is 1.16. The van der Waals surface area contributed by atoms with Crippen LogP contribution in [0.4, 0.5) is 0 Å². The molecule has 0 N–H and O–H groups in total. The maximum absolute atomic E-state index is 12.0. The number of carbonyl (C=O) groups excluding carboxylic acids is 3. The van der Waals surface area contributed by atoms with Gasteiger partial charge in [-0.25, -0.2) is 0 Å². The van der Waals surface area contributed by atoms with E-state index in [0.29, 0.717) is 29.6 Å². The summed E-state index contributed by atoms with van der Waals surface area (Å²) in [4.78, 5) is 35.4. The highest BCUT2D eigenvalue weighted by atomic mass is 32.2. The highest BCUT2D eigenvalue weighted by Gasteiger charge is 2.15. The van der Waals surface area contributed by atoms with Crippen molar-refractivity contribution in [2.24, 2.45) is 0 Å². The molecule has 6 heteroatoms. The zero-order valence-electron chi connectivity index (χ0n) is 17.4. The average molecular weight is 435 g/mol. The van der Waals surface area contributed by atoms with E-state index in [-0.39, 0.29) is 10.2 Å². The summed E-state index contributed by atoms with van der Waals surface area (Å²) in [6.07, 6.45) is 10.9. The van der Waals surface area contributed by atoms with Gasteiger partial charge in [-0.15, -0.1) is 0 Å². The molecule has 0 aliphatic heterocycles. The van der Waals surface area contributed by atoms with Gasteiger partial charge in [-0.3, -0.25) is 14.4 Å². The Labute approximate surface area is 179 Å². The summed E-state index contributed by atoms with van der Waals surface area (Å²) in [7, 11) is 0. The Balaban J connectivity index is 4.06. The molecule has 0 aromatic rings. The maximum atomic E-state index is 12.0. The van der Waals surface area contributed by atoms with Crippen LogP contribution in [-0.2, 0) is 14.4 Å². The van der Waals surface area contributed by atoms with Gasteiger partial charge in [-0.05, 0) is 38.5 Å². The first-order valence-electron chi connectivity index (χ1n) is 10.5. The molecule has 0 aliphatic carbocycles. The molecule has 0 bridgehead atoms. The number of hydrogen-bond acceptors (Lipinski definition) is 6. The molecule has 0 spiro atoms. The highest BCUT2D eigenvalue weighted by molar-refractivity contribution is 8.14. The third kappa shape index (κ3) is 17.9. The topological polar surface area (TPSA) is 51.2 Å². The highest BCUT2D eigenvalue weighted by Crippen LogP contribution is 2.26. The van der Waals surface area contributed by atoms with E-state index in [1.807, 2.05) is 13.8 Å². The van der Waals surface area contributed by atoms with Crippen molar-refractivity contribution in [2.45, 2.75) is 103 Å². The summed E-state index contributed by atoms with van der Waals surface area (Å²) in [6, 6.07) is 0. The molecular weight excluding hydrogens is 396 g/mol. The maximum Gasteiger partial charge on any atom is 0.189 e. The lowest BCUT2D eigenvalue weighted by molar-refractivity contribution is -0.111. The first-order valence-corrected chi connectivity index (χ1v) is 13.4. The van der Waals surface area contributed by atoms with E-state index < -0.39 is 0 Å². The smallest absolute Gasteiger partial charge is 0.189 e. The fraction of sp³-hybridized carbons (Fsp3) is 0.857. The van der Waals surface area contributed by atoms with Crippen LogP contribution in [0.1, 0.15) is 97.8 Å². The van der Waals surface area contributed by atoms with Gasteiger partial charge in [-0.1, -0.05) is 75.3 Å². The fourth-order valence-corrected chi connectivity index (χ4v) is 5.80. The number of unbranched alkanes of at least 4 members (excludes halogenated alkanes) is 3. The van der Waals surface area contributed by atoms with E-state index in [2.05, 4.69) is 6.92 Å². The molecular formula is C21H38O3S3. The third-order valence-corrected chi connectivity index (χ3v) is 7.33. The van der Waals surface area contributed by atoms with Crippen molar-refractivity contribution in [1.29, 1.82) is 0 Å². The molecule has 0 aromatic carbocycles. The van der Waals surface area contributed by atoms with Crippen molar-refractivity contribution in [3.8, 4) is 0 Å². The van der Waals surface area contributed by atoms with Crippen LogP contribution in [0.15, 0.2) is 0 Å². The summed E-state index contributed by atoms with van der Waals surface area (Å²) < 4.78 is 0. The normalized spacial score (nSPS) is 12.1. The van der Waals surface area contributed by atoms with Gasteiger partial charge < -0.3 is 0 Å². The molecule has 0 heterocycles. The van der Waals surface area contributed by atoms with E-state index in [9.17, 15) is 14.4 Å². The molecule has 0 saturated carbocycles. The van der Waals surface area contributed by atoms with Crippen LogP contribution in [0.25, 0.3) is 0 Å². The van der Waals surface area contributed by atoms with Crippen molar-refractivity contribution in [1.82, 2.24) is 0 Å². The van der Waals surface area contributed by atoms with E-state index in [1.165, 1.54) is 35.3 Å². The Morgan fingerprint density at radius 2 is 1.26 bits per heavy atom. The molecule has 0 radical (unpaired) electrons. The summed E-state index contributed by atoms with van der Waals surface area (Å²) in [5.41, 5.74) is 0. The van der Waals surface area contributed by atoms with E-state index in [0.717, 1.165) is 69.3 Å². The molecule has 1 atom stereocenters. The lowest BCUT2D eigenvalue weighted by atomic mass is 10.1. The number of thioether (sulfide) groups is 3. The fourth-order valence-electron chi connectivity index (χ4n) is 2.51. The van der Waals surface area contributed by atoms with Gasteiger partial charge in [0, 0.05) is 36.0 Å². The van der Waals surface area contributed by atoms with Crippen LogP contribution < -0.4 is 0 Å². The molecule has 1 unspecified atom stereocenters. The summed E-state index contributed by atoms with van der Waals surface area (Å²) in [6.45, 7) is 6.19. The van der Waals surface area contributed by atoms with Crippen LogP contribution >= 0.6 is 35.3 Å². The predicted octanol–water partition coefficient (Wildman–Crippen LogP) is 6.88. The zero-order chi connectivity index (χ0) is 20.3. The minimum atomic E-state index is 0.264. The summed E-state index contributed by atoms with van der Waals surface area (Å²) in [5.74, 6) is 1.75. The molecule has 0 saturated heterocycles. The second-order valence-corrected chi connectivity index (χ2v) is 10.5. The number of hydrogen-bond donors (Lipinski definition) is 0. The zero-order valence-corrected chi connectivity index (χ0v) is 19.9. The Kier molecular flexibility index (Phi) is 19.4. The molecule has 3 nitrogen and oxygen atoms in total. The SMILES string of the molecule is CCCCSC(=O)CCCCCC(CCSC(=O)CCC)SC(=O)CCC. The van der Waals surface area contributed by atoms with Crippen LogP contribution in [-0.4, -0.2) is 32.1 Å². The molecule has 0 rings (SSSR count). The quantitative estimate of drug-likeness (QED) is 0.233. The number of rotatable bonds is 17. The van der Waals surface area contributed by atoms with Gasteiger partial charge in [0.2, 0.25) is 0 Å². The average Bonchev–Trinajstić information content (AvgIpc) is 2.61. The number of carbonyl (C=O) groups is 3. The van der Waals surface area contributed by atoms with Crippen LogP contribution in [0.5, 0.6) is 0 Å². The largest absolute Gasteiger partial charge is 0.287 e. The molecule has 0 aliphatic rings. The van der Waals surface area contributed by atoms with E-state index in [1.54, 1.807) is 0 Å². The van der Waals surface area contributed by atoms with Crippen molar-refractivity contribution >= 4 is 50.6 Å². The first-order chi connectivity index (χ1) is 13.0. The third-order valence-electron chi connectivity index (χ3n) is 4.08. The minimum absolute atomic E-state index is 0.264. The van der Waals surface area contributed by atoms with Gasteiger partial charge in [0.1, 0.15) is 0 Å². The lowest BCUT2D eigenvalue weighted by Crippen LogP contribution is -2.09. The van der Waals surface area contributed by atoms with E-state index in [4.69, 9.17) is 0 Å². The Morgan fingerprint density at radius 1 is 0.630 bits per heavy atom. The lowest BCUT2D eigenvalue weighted by Gasteiger charge is -2.15. The predicted molar refractivity (Wildman–Crippen MR) is 124 cm³/mol. The van der Waals surface area contributed by atoms with E-state index >= 15 is 0 Å². The summed E-state index contributed by atoms with van der Waals surface area (Å²) >= 11 is 4.37. The second kappa shape index (κ2) is 19.4. The van der Waals surface area contributed by atoms with Crippen molar-refractivity contribution < 1.29 is 14.4 Å². The Bertz CT molecular complexity index is 413. The van der Waals surface area contributed by atoms with Crippen LogP contribution in [0, 0.1) is 0 Å². The van der Waals surface area contributed by atoms with Gasteiger partial charge in [0.25, 0.3) is 0 Å². The molecule has 158 valence electrons. The standard InChI is InChI=1S/C21H38O3S3/c1-4-7-16-25-20(23)14-10-8-9-13-18(27-21(24)12-6-3)15-17-26-19(22)11-5-2/h18H,4-17H2,1-3H3. The van der Waals surface area contributed by atoms with Crippen molar-refractivity contribution in [2.75, 3.05) is 11.5 Å². The van der Waals surface area contributed by atoms with Gasteiger partial charge in [-0.2, -0.15) is 0 Å². The van der Waals surface area contributed by atoms with Gasteiger partial charge in [0.05, 0.1) is 0 Å². The Hall–Kier alpha value is 0.0600. The van der Waals surface area contributed by atoms with Crippen LogP contribution in [0.3, 0.4) is 0 Å². The Morgan fingerprint density at radius 3 is 1.93 bits per heavy atom. The van der Waals surface area contributed by atoms with Crippen molar-refractivity contribution in [3.05, 3.63) is 0 Å².